The SMILES string of the molecule is CC(C)S(=O)(=O)CCCN1CCCC(O)C1. The van der Waals surface area contributed by atoms with E-state index < -0.39 is 9.84 Å². The quantitative estimate of drug-likeness (QED) is 0.777. The number of sulfone groups is 1. The normalized spacial score (nSPS) is 23.9. The minimum Gasteiger partial charge on any atom is -0.392 e. The van der Waals surface area contributed by atoms with E-state index in [1.165, 1.54) is 0 Å². The van der Waals surface area contributed by atoms with Gasteiger partial charge in [-0.25, -0.2) is 8.42 Å². The lowest BCUT2D eigenvalue weighted by atomic mass is 10.1. The van der Waals surface area contributed by atoms with Crippen molar-refractivity contribution in [2.45, 2.75) is 44.5 Å². The van der Waals surface area contributed by atoms with Crippen LogP contribution in [0, 0.1) is 0 Å². The monoisotopic (exact) mass is 249 g/mol. The van der Waals surface area contributed by atoms with Crippen molar-refractivity contribution >= 4 is 9.84 Å². The van der Waals surface area contributed by atoms with Crippen molar-refractivity contribution in [3.05, 3.63) is 0 Å². The van der Waals surface area contributed by atoms with Gasteiger partial charge in [-0.1, -0.05) is 0 Å². The van der Waals surface area contributed by atoms with Crippen LogP contribution < -0.4 is 0 Å². The summed E-state index contributed by atoms with van der Waals surface area (Å²) in [6.07, 6.45) is 2.34. The lowest BCUT2D eigenvalue weighted by Crippen LogP contribution is -2.39. The van der Waals surface area contributed by atoms with E-state index in [-0.39, 0.29) is 17.1 Å². The molecule has 0 aliphatic carbocycles. The van der Waals surface area contributed by atoms with Gasteiger partial charge in [-0.15, -0.1) is 0 Å². The Hall–Kier alpha value is -0.130. The summed E-state index contributed by atoms with van der Waals surface area (Å²) in [6, 6.07) is 0. The number of aliphatic hydroxyl groups is 1. The lowest BCUT2D eigenvalue weighted by Gasteiger charge is -2.29. The molecule has 16 heavy (non-hydrogen) atoms. The Balaban J connectivity index is 2.25. The summed E-state index contributed by atoms with van der Waals surface area (Å²) < 4.78 is 23.1. The molecular formula is C11H23NO3S. The number of rotatable bonds is 5. The number of aliphatic hydroxyl groups excluding tert-OH is 1. The van der Waals surface area contributed by atoms with E-state index in [1.54, 1.807) is 13.8 Å². The van der Waals surface area contributed by atoms with Crippen LogP contribution in [0.25, 0.3) is 0 Å². The summed E-state index contributed by atoms with van der Waals surface area (Å²) in [5, 5.41) is 9.19. The summed E-state index contributed by atoms with van der Waals surface area (Å²) in [6.45, 7) is 5.91. The van der Waals surface area contributed by atoms with Gasteiger partial charge in [0.25, 0.3) is 0 Å². The molecule has 0 aromatic heterocycles. The van der Waals surface area contributed by atoms with Crippen molar-refractivity contribution in [3.8, 4) is 0 Å². The molecule has 1 aliphatic heterocycles. The van der Waals surface area contributed by atoms with E-state index in [0.717, 1.165) is 25.9 Å². The highest BCUT2D eigenvalue weighted by molar-refractivity contribution is 7.91. The van der Waals surface area contributed by atoms with Crippen LogP contribution in [0.15, 0.2) is 0 Å². The second-order valence-electron chi connectivity index (χ2n) is 4.87. The van der Waals surface area contributed by atoms with E-state index in [2.05, 4.69) is 4.90 Å². The number of β-amino-alcohol motifs (C(OH)–C–C–N with tert-alkyl or cyclic N) is 1. The molecule has 0 saturated carbocycles. The maximum absolute atomic E-state index is 11.6. The molecule has 1 atom stereocenters. The number of hydrogen-bond acceptors (Lipinski definition) is 4. The van der Waals surface area contributed by atoms with Gasteiger partial charge in [0.05, 0.1) is 17.1 Å². The first kappa shape index (κ1) is 13.9. The number of nitrogens with zero attached hydrogens (tertiary/aromatic N) is 1. The van der Waals surface area contributed by atoms with Gasteiger partial charge in [0.2, 0.25) is 0 Å². The molecule has 0 bridgehead atoms. The molecule has 4 nitrogen and oxygen atoms in total. The Morgan fingerprint density at radius 2 is 2.12 bits per heavy atom. The largest absolute Gasteiger partial charge is 0.392 e. The van der Waals surface area contributed by atoms with Crippen molar-refractivity contribution in [1.29, 1.82) is 0 Å². The predicted octanol–water partition coefficient (Wildman–Crippen LogP) is 0.656. The molecule has 1 N–H and O–H groups in total. The van der Waals surface area contributed by atoms with Crippen molar-refractivity contribution in [2.24, 2.45) is 0 Å². The van der Waals surface area contributed by atoms with Crippen LogP contribution in [0.2, 0.25) is 0 Å². The molecule has 0 amide bonds. The zero-order valence-electron chi connectivity index (χ0n) is 10.2. The van der Waals surface area contributed by atoms with Crippen LogP contribution >= 0.6 is 0 Å². The van der Waals surface area contributed by atoms with Crippen LogP contribution in [-0.4, -0.2) is 55.2 Å². The Morgan fingerprint density at radius 3 is 2.69 bits per heavy atom. The molecule has 1 fully saturated rings. The zero-order chi connectivity index (χ0) is 12.2. The highest BCUT2D eigenvalue weighted by atomic mass is 32.2. The molecule has 0 spiro atoms. The fraction of sp³-hybridized carbons (Fsp3) is 1.00. The van der Waals surface area contributed by atoms with Gasteiger partial charge in [-0.3, -0.25) is 0 Å². The smallest absolute Gasteiger partial charge is 0.152 e. The first-order chi connectivity index (χ1) is 7.42. The Labute approximate surface area is 98.6 Å². The molecule has 0 aromatic carbocycles. The fourth-order valence-corrected chi connectivity index (χ4v) is 2.96. The van der Waals surface area contributed by atoms with Gasteiger partial charge in [-0.2, -0.15) is 0 Å². The van der Waals surface area contributed by atoms with E-state index in [9.17, 15) is 13.5 Å². The fourth-order valence-electron chi connectivity index (χ4n) is 1.96. The standard InChI is InChI=1S/C11H23NO3S/c1-10(2)16(14,15)8-4-7-12-6-3-5-11(13)9-12/h10-11,13H,3-9H2,1-2H3. The van der Waals surface area contributed by atoms with E-state index >= 15 is 0 Å². The van der Waals surface area contributed by atoms with E-state index in [1.807, 2.05) is 0 Å². The average molecular weight is 249 g/mol. The predicted molar refractivity (Wildman–Crippen MR) is 65.2 cm³/mol. The van der Waals surface area contributed by atoms with Gasteiger partial charge in [-0.05, 0) is 46.2 Å². The van der Waals surface area contributed by atoms with Crippen LogP contribution in [0.5, 0.6) is 0 Å². The molecule has 5 heteroatoms. The maximum Gasteiger partial charge on any atom is 0.152 e. The van der Waals surface area contributed by atoms with Gasteiger partial charge < -0.3 is 10.0 Å². The van der Waals surface area contributed by atoms with Crippen LogP contribution in [0.4, 0.5) is 0 Å². The average Bonchev–Trinajstić information content (AvgIpc) is 2.17. The third-order valence-corrected chi connectivity index (χ3v) is 5.40. The molecule has 0 radical (unpaired) electrons. The number of hydrogen-bond donors (Lipinski definition) is 1. The minimum absolute atomic E-state index is 0.226. The third-order valence-electron chi connectivity index (χ3n) is 3.10. The topological polar surface area (TPSA) is 57.6 Å². The molecule has 1 heterocycles. The van der Waals surface area contributed by atoms with Gasteiger partial charge in [0, 0.05) is 6.54 Å². The maximum atomic E-state index is 11.6. The minimum atomic E-state index is -2.90. The second kappa shape index (κ2) is 5.98. The summed E-state index contributed by atoms with van der Waals surface area (Å²) in [5.41, 5.74) is 0. The first-order valence-corrected chi connectivity index (χ1v) is 7.75. The molecule has 96 valence electrons. The van der Waals surface area contributed by atoms with Crippen molar-refractivity contribution in [3.63, 3.8) is 0 Å². The van der Waals surface area contributed by atoms with Crippen molar-refractivity contribution < 1.29 is 13.5 Å². The molecule has 1 aliphatic rings. The summed E-state index contributed by atoms with van der Waals surface area (Å²) in [5.74, 6) is 0.261. The van der Waals surface area contributed by atoms with E-state index in [4.69, 9.17) is 0 Å². The van der Waals surface area contributed by atoms with Crippen LogP contribution in [0.1, 0.15) is 33.1 Å². The van der Waals surface area contributed by atoms with Crippen LogP contribution in [-0.2, 0) is 9.84 Å². The van der Waals surface area contributed by atoms with Crippen LogP contribution in [0.3, 0.4) is 0 Å². The van der Waals surface area contributed by atoms with Gasteiger partial charge >= 0.3 is 0 Å². The summed E-state index contributed by atoms with van der Waals surface area (Å²) >= 11 is 0. The Kier molecular flexibility index (Phi) is 5.21. The first-order valence-electron chi connectivity index (χ1n) is 6.04. The highest BCUT2D eigenvalue weighted by Crippen LogP contribution is 2.11. The highest BCUT2D eigenvalue weighted by Gasteiger charge is 2.19. The molecule has 0 aromatic rings. The summed E-state index contributed by atoms with van der Waals surface area (Å²) in [7, 11) is -2.90. The molecule has 1 rings (SSSR count). The molecule has 1 unspecified atom stereocenters. The Morgan fingerprint density at radius 1 is 1.44 bits per heavy atom. The third kappa shape index (κ3) is 4.39. The zero-order valence-corrected chi connectivity index (χ0v) is 11.0. The lowest BCUT2D eigenvalue weighted by molar-refractivity contribution is 0.0709. The molecule has 1 saturated heterocycles. The molecular weight excluding hydrogens is 226 g/mol. The second-order valence-corrected chi connectivity index (χ2v) is 7.54. The number of piperidine rings is 1. The van der Waals surface area contributed by atoms with E-state index in [0.29, 0.717) is 13.0 Å². The van der Waals surface area contributed by atoms with Gasteiger partial charge in [0.1, 0.15) is 0 Å². The Bertz CT molecular complexity index is 300. The summed E-state index contributed by atoms with van der Waals surface area (Å²) in [4.78, 5) is 2.16. The van der Waals surface area contributed by atoms with Crippen molar-refractivity contribution in [1.82, 2.24) is 4.90 Å². The number of likely N-dealkylation sites (tertiary alicyclic amines) is 1. The van der Waals surface area contributed by atoms with Crippen molar-refractivity contribution in [2.75, 3.05) is 25.4 Å². The van der Waals surface area contributed by atoms with Gasteiger partial charge in [0.15, 0.2) is 9.84 Å².